The Morgan fingerprint density at radius 2 is 1.69 bits per heavy atom. The first-order valence-electron chi connectivity index (χ1n) is 13.3. The summed E-state index contributed by atoms with van der Waals surface area (Å²) in [6.07, 6.45) is 13.4. The Balaban J connectivity index is 1.56. The molecule has 7 atom stereocenters. The Bertz CT molecular complexity index is 936. The van der Waals surface area contributed by atoms with Gasteiger partial charge in [0.1, 0.15) is 0 Å². The first-order chi connectivity index (χ1) is 15.3. The molecule has 32 heavy (non-hydrogen) atoms. The standard InChI is InChI=1S/C31H42O/c1-20(2)22(4)26-13-14-27-25-12-11-24-19-21(3)15-18-31(24,28(25)16-17-30(26,27)5)29(32)23-9-7-6-8-10-23/h6-12,20-22,26-28H,13-19H2,1-5H3. The first kappa shape index (κ1) is 22.2. The van der Waals surface area contributed by atoms with Crippen LogP contribution in [0.25, 0.3) is 0 Å². The predicted molar refractivity (Wildman–Crippen MR) is 133 cm³/mol. The lowest BCUT2D eigenvalue weighted by molar-refractivity contribution is 0.0303. The fourth-order valence-electron chi connectivity index (χ4n) is 8.50. The van der Waals surface area contributed by atoms with Gasteiger partial charge in [-0.15, -0.1) is 0 Å². The number of benzene rings is 1. The molecule has 0 heterocycles. The lowest BCUT2D eigenvalue weighted by Gasteiger charge is -2.55. The SMILES string of the molecule is CC1CCC2(C(=O)c3ccccc3)C(=CC=C3C2CCC2(C)C3CCC2C(C)C(C)C)C1. The van der Waals surface area contributed by atoms with Gasteiger partial charge in [-0.3, -0.25) is 4.79 Å². The van der Waals surface area contributed by atoms with Crippen molar-refractivity contribution in [3.8, 4) is 0 Å². The number of carbonyl (C=O) groups is 1. The number of rotatable bonds is 4. The van der Waals surface area contributed by atoms with Crippen molar-refractivity contribution in [1.82, 2.24) is 0 Å². The zero-order valence-electron chi connectivity index (χ0n) is 20.9. The van der Waals surface area contributed by atoms with Crippen LogP contribution in [0.15, 0.2) is 53.6 Å². The fourth-order valence-corrected chi connectivity index (χ4v) is 8.50. The zero-order chi connectivity index (χ0) is 22.7. The van der Waals surface area contributed by atoms with Gasteiger partial charge in [-0.1, -0.05) is 88.2 Å². The molecule has 1 nitrogen and oxygen atoms in total. The average Bonchev–Trinajstić information content (AvgIpc) is 3.15. The number of ketones is 1. The zero-order valence-corrected chi connectivity index (χ0v) is 20.9. The van der Waals surface area contributed by atoms with Gasteiger partial charge in [0, 0.05) is 5.56 Å². The Hall–Kier alpha value is -1.63. The molecule has 3 saturated carbocycles. The van der Waals surface area contributed by atoms with E-state index in [9.17, 15) is 4.79 Å². The maximum atomic E-state index is 14.3. The number of carbonyl (C=O) groups excluding carboxylic acids is 1. The number of hydrogen-bond acceptors (Lipinski definition) is 1. The van der Waals surface area contributed by atoms with Crippen LogP contribution in [0.2, 0.25) is 0 Å². The van der Waals surface area contributed by atoms with Crippen LogP contribution in [0.3, 0.4) is 0 Å². The molecule has 0 spiro atoms. The van der Waals surface area contributed by atoms with E-state index in [2.05, 4.69) is 46.8 Å². The van der Waals surface area contributed by atoms with Crippen molar-refractivity contribution in [2.75, 3.05) is 0 Å². The monoisotopic (exact) mass is 430 g/mol. The lowest BCUT2D eigenvalue weighted by atomic mass is 9.47. The normalized spacial score (nSPS) is 39.4. The van der Waals surface area contributed by atoms with E-state index in [-0.39, 0.29) is 5.41 Å². The second-order valence-corrected chi connectivity index (χ2v) is 12.3. The van der Waals surface area contributed by atoms with Crippen LogP contribution in [0.5, 0.6) is 0 Å². The molecule has 1 heteroatoms. The summed E-state index contributed by atoms with van der Waals surface area (Å²) in [5.74, 6) is 4.48. The third-order valence-corrected chi connectivity index (χ3v) is 10.6. The van der Waals surface area contributed by atoms with Crippen LogP contribution in [0.1, 0.15) is 89.9 Å². The van der Waals surface area contributed by atoms with Gasteiger partial charge in [-0.05, 0) is 85.9 Å². The second kappa shape index (κ2) is 8.00. The summed E-state index contributed by atoms with van der Waals surface area (Å²) in [6, 6.07) is 10.2. The van der Waals surface area contributed by atoms with E-state index in [1.807, 2.05) is 30.3 Å². The highest BCUT2D eigenvalue weighted by Crippen LogP contribution is 2.67. The molecule has 0 aromatic heterocycles. The van der Waals surface area contributed by atoms with Gasteiger partial charge in [-0.2, -0.15) is 0 Å². The molecule has 0 amide bonds. The Morgan fingerprint density at radius 3 is 2.41 bits per heavy atom. The summed E-state index contributed by atoms with van der Waals surface area (Å²) in [4.78, 5) is 14.3. The fraction of sp³-hybridized carbons (Fsp3) is 0.645. The quantitative estimate of drug-likeness (QED) is 0.439. The van der Waals surface area contributed by atoms with Crippen LogP contribution < -0.4 is 0 Å². The van der Waals surface area contributed by atoms with Crippen molar-refractivity contribution in [3.63, 3.8) is 0 Å². The van der Waals surface area contributed by atoms with Crippen LogP contribution in [-0.2, 0) is 0 Å². The number of fused-ring (bicyclic) bond motifs is 5. The molecule has 4 aliphatic carbocycles. The smallest absolute Gasteiger partial charge is 0.173 e. The van der Waals surface area contributed by atoms with Crippen molar-refractivity contribution in [1.29, 1.82) is 0 Å². The van der Waals surface area contributed by atoms with Crippen molar-refractivity contribution >= 4 is 5.78 Å². The van der Waals surface area contributed by atoms with Crippen molar-refractivity contribution in [3.05, 3.63) is 59.2 Å². The minimum Gasteiger partial charge on any atom is -0.293 e. The molecule has 0 saturated heterocycles. The predicted octanol–water partition coefficient (Wildman–Crippen LogP) is 8.28. The Morgan fingerprint density at radius 1 is 0.938 bits per heavy atom. The van der Waals surface area contributed by atoms with Gasteiger partial charge in [0.05, 0.1) is 5.41 Å². The molecule has 0 radical (unpaired) electrons. The van der Waals surface area contributed by atoms with Crippen LogP contribution in [-0.4, -0.2) is 5.78 Å². The maximum absolute atomic E-state index is 14.3. The summed E-state index contributed by atoms with van der Waals surface area (Å²) >= 11 is 0. The summed E-state index contributed by atoms with van der Waals surface area (Å²) in [5.41, 5.74) is 4.10. The summed E-state index contributed by atoms with van der Waals surface area (Å²) < 4.78 is 0. The van der Waals surface area contributed by atoms with Gasteiger partial charge >= 0.3 is 0 Å². The van der Waals surface area contributed by atoms with Gasteiger partial charge in [0.15, 0.2) is 5.78 Å². The molecular weight excluding hydrogens is 388 g/mol. The molecular formula is C31H42O. The highest BCUT2D eigenvalue weighted by molar-refractivity contribution is 6.03. The molecule has 1 aromatic rings. The van der Waals surface area contributed by atoms with E-state index in [0.717, 1.165) is 36.2 Å². The van der Waals surface area contributed by atoms with Crippen molar-refractivity contribution in [2.45, 2.75) is 79.6 Å². The summed E-state index contributed by atoms with van der Waals surface area (Å²) in [7, 11) is 0. The van der Waals surface area contributed by atoms with Gasteiger partial charge in [0.2, 0.25) is 0 Å². The second-order valence-electron chi connectivity index (χ2n) is 12.3. The molecule has 7 unspecified atom stereocenters. The van der Waals surface area contributed by atoms with Crippen molar-refractivity contribution < 1.29 is 4.79 Å². The van der Waals surface area contributed by atoms with E-state index < -0.39 is 0 Å². The van der Waals surface area contributed by atoms with Crippen LogP contribution in [0.4, 0.5) is 0 Å². The highest BCUT2D eigenvalue weighted by Gasteiger charge is 2.60. The third kappa shape index (κ3) is 3.13. The molecule has 3 fully saturated rings. The molecule has 0 N–H and O–H groups in total. The van der Waals surface area contributed by atoms with Crippen molar-refractivity contribution in [2.24, 2.45) is 46.3 Å². The van der Waals surface area contributed by atoms with E-state index in [1.54, 1.807) is 5.57 Å². The van der Waals surface area contributed by atoms with Gasteiger partial charge in [-0.25, -0.2) is 0 Å². The van der Waals surface area contributed by atoms with Crippen LogP contribution >= 0.6 is 0 Å². The minimum atomic E-state index is -0.291. The molecule has 0 aliphatic heterocycles. The Labute approximate surface area is 195 Å². The number of hydrogen-bond donors (Lipinski definition) is 0. The van der Waals surface area contributed by atoms with E-state index in [4.69, 9.17) is 0 Å². The number of allylic oxidation sites excluding steroid dienone is 4. The Kier molecular flexibility index (Phi) is 5.54. The molecule has 4 aliphatic rings. The summed E-state index contributed by atoms with van der Waals surface area (Å²) in [6.45, 7) is 12.3. The highest BCUT2D eigenvalue weighted by atomic mass is 16.1. The average molecular weight is 431 g/mol. The molecule has 0 bridgehead atoms. The van der Waals surface area contributed by atoms with E-state index in [1.165, 1.54) is 37.7 Å². The lowest BCUT2D eigenvalue weighted by Crippen LogP contribution is -2.51. The van der Waals surface area contributed by atoms with Gasteiger partial charge in [0.25, 0.3) is 0 Å². The summed E-state index contributed by atoms with van der Waals surface area (Å²) in [5, 5.41) is 0. The first-order valence-corrected chi connectivity index (χ1v) is 13.3. The van der Waals surface area contributed by atoms with Gasteiger partial charge < -0.3 is 0 Å². The molecule has 172 valence electrons. The third-order valence-electron chi connectivity index (χ3n) is 10.6. The largest absolute Gasteiger partial charge is 0.293 e. The minimum absolute atomic E-state index is 0.291. The molecule has 5 rings (SSSR count). The van der Waals surface area contributed by atoms with E-state index in [0.29, 0.717) is 29.0 Å². The maximum Gasteiger partial charge on any atom is 0.173 e. The van der Waals surface area contributed by atoms with E-state index >= 15 is 0 Å². The van der Waals surface area contributed by atoms with Crippen LogP contribution in [0, 0.1) is 46.3 Å². The number of Topliss-reactive ketones (excluding diaryl/α,β-unsaturated/α-hetero) is 1. The topological polar surface area (TPSA) is 17.1 Å². The molecule has 1 aromatic carbocycles.